The van der Waals surface area contributed by atoms with Crippen molar-refractivity contribution in [3.8, 4) is 0 Å². The SMILES string of the molecule is CCC(COC)Nc1cc(Cl)nc(C(C)C)n1. The zero-order valence-electron chi connectivity index (χ0n) is 10.8. The summed E-state index contributed by atoms with van der Waals surface area (Å²) < 4.78 is 5.14. The van der Waals surface area contributed by atoms with Crippen LogP contribution in [0, 0.1) is 0 Å². The molecule has 0 spiro atoms. The Bertz CT molecular complexity index is 358. The summed E-state index contributed by atoms with van der Waals surface area (Å²) in [5, 5.41) is 3.78. The van der Waals surface area contributed by atoms with E-state index < -0.39 is 0 Å². The zero-order chi connectivity index (χ0) is 12.8. The van der Waals surface area contributed by atoms with Crippen LogP contribution in [0.25, 0.3) is 0 Å². The molecule has 0 radical (unpaired) electrons. The van der Waals surface area contributed by atoms with Gasteiger partial charge in [-0.05, 0) is 6.42 Å². The minimum Gasteiger partial charge on any atom is -0.383 e. The number of rotatable bonds is 6. The van der Waals surface area contributed by atoms with Crippen molar-refractivity contribution in [2.45, 2.75) is 39.2 Å². The number of halogens is 1. The molecule has 0 saturated carbocycles. The van der Waals surface area contributed by atoms with Crippen molar-refractivity contribution in [1.29, 1.82) is 0 Å². The second-order valence-electron chi connectivity index (χ2n) is 4.29. The highest BCUT2D eigenvalue weighted by Crippen LogP contribution is 2.17. The molecule has 1 rings (SSSR count). The van der Waals surface area contributed by atoms with Gasteiger partial charge in [0.15, 0.2) is 0 Å². The normalized spacial score (nSPS) is 12.8. The number of hydrogen-bond donors (Lipinski definition) is 1. The van der Waals surface area contributed by atoms with Crippen molar-refractivity contribution in [2.24, 2.45) is 0 Å². The van der Waals surface area contributed by atoms with E-state index in [-0.39, 0.29) is 12.0 Å². The second kappa shape index (κ2) is 6.77. The van der Waals surface area contributed by atoms with Crippen molar-refractivity contribution in [3.63, 3.8) is 0 Å². The lowest BCUT2D eigenvalue weighted by molar-refractivity contribution is 0.184. The predicted octanol–water partition coefficient (Wildman–Crippen LogP) is 3.09. The molecule has 0 bridgehead atoms. The Morgan fingerprint density at radius 2 is 2.12 bits per heavy atom. The molecule has 0 fully saturated rings. The molecule has 0 saturated heterocycles. The molecule has 1 heterocycles. The van der Waals surface area contributed by atoms with E-state index in [0.717, 1.165) is 18.1 Å². The third-order valence-corrected chi connectivity index (χ3v) is 2.63. The van der Waals surface area contributed by atoms with E-state index in [9.17, 15) is 0 Å². The number of ether oxygens (including phenoxy) is 1. The summed E-state index contributed by atoms with van der Waals surface area (Å²) in [5.41, 5.74) is 0. The van der Waals surface area contributed by atoms with Crippen LogP contribution in [-0.4, -0.2) is 29.7 Å². The fourth-order valence-electron chi connectivity index (χ4n) is 1.44. The standard InChI is InChI=1S/C12H20ClN3O/c1-5-9(7-17-4)14-11-6-10(13)15-12(16-11)8(2)3/h6,8-9H,5,7H2,1-4H3,(H,14,15,16). The highest BCUT2D eigenvalue weighted by molar-refractivity contribution is 6.29. The quantitative estimate of drug-likeness (QED) is 0.796. The fourth-order valence-corrected chi connectivity index (χ4v) is 1.63. The van der Waals surface area contributed by atoms with Gasteiger partial charge in [0.1, 0.15) is 16.8 Å². The summed E-state index contributed by atoms with van der Waals surface area (Å²) in [7, 11) is 1.69. The van der Waals surface area contributed by atoms with Gasteiger partial charge in [-0.2, -0.15) is 0 Å². The van der Waals surface area contributed by atoms with Crippen molar-refractivity contribution in [2.75, 3.05) is 19.0 Å². The molecule has 0 aliphatic rings. The molecule has 0 aliphatic heterocycles. The van der Waals surface area contributed by atoms with E-state index in [1.165, 1.54) is 0 Å². The van der Waals surface area contributed by atoms with Gasteiger partial charge in [-0.25, -0.2) is 9.97 Å². The van der Waals surface area contributed by atoms with E-state index >= 15 is 0 Å². The minimum atomic E-state index is 0.242. The molecule has 0 aromatic carbocycles. The van der Waals surface area contributed by atoms with Crippen molar-refractivity contribution >= 4 is 17.4 Å². The van der Waals surface area contributed by atoms with Gasteiger partial charge in [-0.3, -0.25) is 0 Å². The van der Waals surface area contributed by atoms with Gasteiger partial charge >= 0.3 is 0 Å². The van der Waals surface area contributed by atoms with E-state index in [2.05, 4.69) is 22.2 Å². The van der Waals surface area contributed by atoms with Crippen LogP contribution >= 0.6 is 11.6 Å². The Hall–Kier alpha value is -0.870. The van der Waals surface area contributed by atoms with Gasteiger partial charge in [-0.1, -0.05) is 32.4 Å². The fraction of sp³-hybridized carbons (Fsp3) is 0.667. The lowest BCUT2D eigenvalue weighted by atomic mass is 10.2. The number of methoxy groups -OCH3 is 1. The maximum Gasteiger partial charge on any atom is 0.135 e. The van der Waals surface area contributed by atoms with Crippen LogP contribution in [0.2, 0.25) is 5.15 Å². The molecule has 1 unspecified atom stereocenters. The van der Waals surface area contributed by atoms with E-state index in [1.54, 1.807) is 13.2 Å². The van der Waals surface area contributed by atoms with Crippen LogP contribution in [0.3, 0.4) is 0 Å². The molecular weight excluding hydrogens is 238 g/mol. The molecule has 4 nitrogen and oxygen atoms in total. The summed E-state index contributed by atoms with van der Waals surface area (Å²) >= 11 is 5.98. The van der Waals surface area contributed by atoms with Crippen LogP contribution in [-0.2, 0) is 4.74 Å². The van der Waals surface area contributed by atoms with Crippen molar-refractivity contribution < 1.29 is 4.74 Å². The number of aromatic nitrogens is 2. The molecule has 17 heavy (non-hydrogen) atoms. The van der Waals surface area contributed by atoms with Gasteiger partial charge in [0.25, 0.3) is 0 Å². The molecule has 1 aromatic heterocycles. The van der Waals surface area contributed by atoms with Crippen LogP contribution < -0.4 is 5.32 Å². The first-order chi connectivity index (χ1) is 8.06. The first kappa shape index (κ1) is 14.2. The summed E-state index contributed by atoms with van der Waals surface area (Å²) in [4.78, 5) is 8.64. The smallest absolute Gasteiger partial charge is 0.135 e. The lowest BCUT2D eigenvalue weighted by Crippen LogP contribution is -2.24. The largest absolute Gasteiger partial charge is 0.383 e. The third-order valence-electron chi connectivity index (χ3n) is 2.44. The van der Waals surface area contributed by atoms with E-state index in [4.69, 9.17) is 16.3 Å². The molecule has 1 aromatic rings. The number of anilines is 1. The summed E-state index contributed by atoms with van der Waals surface area (Å²) in [6.07, 6.45) is 0.965. The van der Waals surface area contributed by atoms with Gasteiger partial charge in [-0.15, -0.1) is 0 Å². The Kier molecular flexibility index (Phi) is 5.65. The molecule has 96 valence electrons. The number of hydrogen-bond acceptors (Lipinski definition) is 4. The number of nitrogens with zero attached hydrogens (tertiary/aromatic N) is 2. The number of nitrogens with one attached hydrogen (secondary N) is 1. The topological polar surface area (TPSA) is 47.0 Å². The zero-order valence-corrected chi connectivity index (χ0v) is 11.6. The van der Waals surface area contributed by atoms with Gasteiger partial charge in [0.05, 0.1) is 12.6 Å². The maximum absolute atomic E-state index is 5.98. The molecule has 1 atom stereocenters. The molecule has 0 aliphatic carbocycles. The minimum absolute atomic E-state index is 0.242. The average molecular weight is 258 g/mol. The lowest BCUT2D eigenvalue weighted by Gasteiger charge is -2.17. The Balaban J connectivity index is 2.82. The molecule has 5 heteroatoms. The van der Waals surface area contributed by atoms with Gasteiger partial charge in [0, 0.05) is 19.1 Å². The summed E-state index contributed by atoms with van der Waals surface area (Å²) in [6, 6.07) is 1.98. The highest BCUT2D eigenvalue weighted by atomic mass is 35.5. The van der Waals surface area contributed by atoms with Gasteiger partial charge in [0.2, 0.25) is 0 Å². The second-order valence-corrected chi connectivity index (χ2v) is 4.68. The molecule has 1 N–H and O–H groups in total. The summed E-state index contributed by atoms with van der Waals surface area (Å²) in [5.74, 6) is 1.78. The summed E-state index contributed by atoms with van der Waals surface area (Å²) in [6.45, 7) is 6.84. The van der Waals surface area contributed by atoms with Crippen LogP contribution in [0.4, 0.5) is 5.82 Å². The predicted molar refractivity (Wildman–Crippen MR) is 70.7 cm³/mol. The van der Waals surface area contributed by atoms with Gasteiger partial charge < -0.3 is 10.1 Å². The maximum atomic E-state index is 5.98. The van der Waals surface area contributed by atoms with E-state index in [0.29, 0.717) is 11.8 Å². The first-order valence-electron chi connectivity index (χ1n) is 5.86. The van der Waals surface area contributed by atoms with Crippen molar-refractivity contribution in [1.82, 2.24) is 9.97 Å². The van der Waals surface area contributed by atoms with Crippen molar-refractivity contribution in [3.05, 3.63) is 17.0 Å². The van der Waals surface area contributed by atoms with E-state index in [1.807, 2.05) is 13.8 Å². The van der Waals surface area contributed by atoms with Crippen LogP contribution in [0.15, 0.2) is 6.07 Å². The van der Waals surface area contributed by atoms with Crippen LogP contribution in [0.5, 0.6) is 0 Å². The highest BCUT2D eigenvalue weighted by Gasteiger charge is 2.10. The first-order valence-corrected chi connectivity index (χ1v) is 6.24. The van der Waals surface area contributed by atoms with Crippen LogP contribution in [0.1, 0.15) is 38.9 Å². The molecule has 0 amide bonds. The Morgan fingerprint density at radius 1 is 1.41 bits per heavy atom. The average Bonchev–Trinajstić information content (AvgIpc) is 2.27. The monoisotopic (exact) mass is 257 g/mol. The molecular formula is C12H20ClN3O. The third kappa shape index (κ3) is 4.48. The Morgan fingerprint density at radius 3 is 2.65 bits per heavy atom. The Labute approximate surface area is 108 Å².